The van der Waals surface area contributed by atoms with Crippen molar-refractivity contribution in [2.45, 2.75) is 0 Å². The molecule has 104 valence electrons. The quantitative estimate of drug-likeness (QED) is 0.756. The molecule has 1 aliphatic rings. The highest BCUT2D eigenvalue weighted by molar-refractivity contribution is 6.06. The van der Waals surface area contributed by atoms with E-state index in [0.717, 1.165) is 11.0 Å². The first-order valence-electron chi connectivity index (χ1n) is 6.46. The van der Waals surface area contributed by atoms with Crippen LogP contribution < -0.4 is 14.8 Å². The lowest BCUT2D eigenvalue weighted by atomic mass is 10.2. The fourth-order valence-electron chi connectivity index (χ4n) is 2.30. The smallest absolute Gasteiger partial charge is 0.261 e. The summed E-state index contributed by atoms with van der Waals surface area (Å²) in [6.45, 7) is 0.129. The van der Waals surface area contributed by atoms with Gasteiger partial charge in [-0.3, -0.25) is 10.1 Å². The van der Waals surface area contributed by atoms with Crippen molar-refractivity contribution in [3.8, 4) is 11.5 Å². The number of aromatic amines is 1. The summed E-state index contributed by atoms with van der Waals surface area (Å²) in [6, 6.07) is 12.8. The Bertz CT molecular complexity index is 808. The molecule has 2 N–H and O–H groups in total. The van der Waals surface area contributed by atoms with Crippen molar-refractivity contribution in [3.05, 3.63) is 48.0 Å². The van der Waals surface area contributed by atoms with Gasteiger partial charge in [-0.15, -0.1) is 0 Å². The highest BCUT2D eigenvalue weighted by Gasteiger charge is 2.22. The van der Waals surface area contributed by atoms with Crippen molar-refractivity contribution in [1.82, 2.24) is 9.97 Å². The van der Waals surface area contributed by atoms with E-state index in [2.05, 4.69) is 15.3 Å². The molecule has 21 heavy (non-hydrogen) atoms. The van der Waals surface area contributed by atoms with Crippen LogP contribution in [0.1, 0.15) is 10.4 Å². The zero-order valence-electron chi connectivity index (χ0n) is 10.9. The minimum atomic E-state index is -0.295. The lowest BCUT2D eigenvalue weighted by Gasteiger charge is -2.05. The predicted octanol–water partition coefficient (Wildman–Crippen LogP) is 2.54. The number of fused-ring (bicyclic) bond motifs is 2. The van der Waals surface area contributed by atoms with E-state index in [4.69, 9.17) is 9.47 Å². The molecule has 0 aliphatic carbocycles. The summed E-state index contributed by atoms with van der Waals surface area (Å²) in [5, 5.41) is 2.74. The van der Waals surface area contributed by atoms with Gasteiger partial charge in [-0.25, -0.2) is 4.98 Å². The summed E-state index contributed by atoms with van der Waals surface area (Å²) in [4.78, 5) is 19.7. The molecule has 0 radical (unpaired) electrons. The van der Waals surface area contributed by atoms with Gasteiger partial charge < -0.3 is 14.5 Å². The zero-order chi connectivity index (χ0) is 14.2. The fourth-order valence-corrected chi connectivity index (χ4v) is 2.30. The van der Waals surface area contributed by atoms with Crippen LogP contribution in [0.25, 0.3) is 11.0 Å². The minimum absolute atomic E-state index is 0.129. The summed E-state index contributed by atoms with van der Waals surface area (Å²) in [7, 11) is 0. The Hall–Kier alpha value is -3.02. The van der Waals surface area contributed by atoms with Crippen molar-refractivity contribution < 1.29 is 14.3 Å². The highest BCUT2D eigenvalue weighted by Crippen LogP contribution is 2.35. The number of carbonyl (C=O) groups excluding carboxylic acids is 1. The molecule has 6 heteroatoms. The van der Waals surface area contributed by atoms with Gasteiger partial charge in [0, 0.05) is 0 Å². The zero-order valence-corrected chi connectivity index (χ0v) is 10.9. The maximum Gasteiger partial charge on any atom is 0.261 e. The van der Waals surface area contributed by atoms with E-state index in [1.807, 2.05) is 24.3 Å². The van der Waals surface area contributed by atoms with E-state index >= 15 is 0 Å². The second kappa shape index (κ2) is 4.52. The van der Waals surface area contributed by atoms with Gasteiger partial charge >= 0.3 is 0 Å². The van der Waals surface area contributed by atoms with Gasteiger partial charge in [0.1, 0.15) is 0 Å². The second-order valence-electron chi connectivity index (χ2n) is 4.60. The van der Waals surface area contributed by atoms with Crippen LogP contribution >= 0.6 is 0 Å². The van der Waals surface area contributed by atoms with E-state index < -0.39 is 0 Å². The SMILES string of the molecule is O=C(Nc1nc2ccccc2[nH]1)c1cccc2c1OCO2. The molecule has 1 aliphatic heterocycles. The summed E-state index contributed by atoms with van der Waals surface area (Å²) in [5.74, 6) is 1.15. The van der Waals surface area contributed by atoms with E-state index in [0.29, 0.717) is 23.0 Å². The van der Waals surface area contributed by atoms with E-state index in [-0.39, 0.29) is 12.7 Å². The number of hydrogen-bond donors (Lipinski definition) is 2. The van der Waals surface area contributed by atoms with Gasteiger partial charge in [-0.05, 0) is 24.3 Å². The number of amides is 1. The fraction of sp³-hybridized carbons (Fsp3) is 0.0667. The van der Waals surface area contributed by atoms with Gasteiger partial charge in [0.25, 0.3) is 5.91 Å². The first-order valence-corrected chi connectivity index (χ1v) is 6.46. The first kappa shape index (κ1) is 11.8. The summed E-state index contributed by atoms with van der Waals surface area (Å²) < 4.78 is 10.6. The Morgan fingerprint density at radius 1 is 1.14 bits per heavy atom. The molecule has 2 heterocycles. The highest BCUT2D eigenvalue weighted by atomic mass is 16.7. The number of rotatable bonds is 2. The van der Waals surface area contributed by atoms with Crippen LogP contribution in [0.15, 0.2) is 42.5 Å². The molecule has 0 atom stereocenters. The number of carbonyl (C=O) groups is 1. The molecule has 2 aromatic carbocycles. The molecule has 0 fully saturated rings. The number of nitrogens with zero attached hydrogens (tertiary/aromatic N) is 1. The van der Waals surface area contributed by atoms with Crippen LogP contribution in [0.3, 0.4) is 0 Å². The molecule has 0 bridgehead atoms. The number of imidazole rings is 1. The van der Waals surface area contributed by atoms with Crippen LogP contribution in [0.5, 0.6) is 11.5 Å². The van der Waals surface area contributed by atoms with Crippen LogP contribution in [-0.4, -0.2) is 22.7 Å². The maximum absolute atomic E-state index is 12.3. The molecule has 1 aromatic heterocycles. The standard InChI is InChI=1S/C15H11N3O3/c19-14(9-4-3-7-12-13(9)21-8-20-12)18-15-16-10-5-1-2-6-11(10)17-15/h1-7H,8H2,(H2,16,17,18,19). The van der Waals surface area contributed by atoms with Gasteiger partial charge in [-0.1, -0.05) is 18.2 Å². The monoisotopic (exact) mass is 281 g/mol. The Morgan fingerprint density at radius 3 is 2.95 bits per heavy atom. The molecule has 3 aromatic rings. The Morgan fingerprint density at radius 2 is 2.05 bits per heavy atom. The van der Waals surface area contributed by atoms with Gasteiger partial charge in [-0.2, -0.15) is 0 Å². The molecule has 4 rings (SSSR count). The lowest BCUT2D eigenvalue weighted by Crippen LogP contribution is -2.13. The first-order chi connectivity index (χ1) is 10.3. The normalized spacial score (nSPS) is 12.6. The number of H-pyrrole nitrogens is 1. The third-order valence-electron chi connectivity index (χ3n) is 3.26. The third kappa shape index (κ3) is 1.97. The van der Waals surface area contributed by atoms with E-state index in [9.17, 15) is 4.79 Å². The molecule has 1 amide bonds. The van der Waals surface area contributed by atoms with Gasteiger partial charge in [0.15, 0.2) is 11.5 Å². The summed E-state index contributed by atoms with van der Waals surface area (Å²) in [5.41, 5.74) is 2.09. The lowest BCUT2D eigenvalue weighted by molar-refractivity contribution is 0.102. The number of para-hydroxylation sites is 3. The van der Waals surface area contributed by atoms with Gasteiger partial charge in [0.05, 0.1) is 16.6 Å². The minimum Gasteiger partial charge on any atom is -0.454 e. The van der Waals surface area contributed by atoms with Crippen LogP contribution in [0, 0.1) is 0 Å². The molecule has 0 saturated carbocycles. The Balaban J connectivity index is 1.65. The third-order valence-corrected chi connectivity index (χ3v) is 3.26. The molecular formula is C15H11N3O3. The number of anilines is 1. The summed E-state index contributed by atoms with van der Waals surface area (Å²) in [6.07, 6.45) is 0. The van der Waals surface area contributed by atoms with Crippen molar-refractivity contribution >= 4 is 22.9 Å². The van der Waals surface area contributed by atoms with Crippen molar-refractivity contribution in [2.75, 3.05) is 12.1 Å². The largest absolute Gasteiger partial charge is 0.454 e. The van der Waals surface area contributed by atoms with E-state index in [1.165, 1.54) is 0 Å². The molecule has 6 nitrogen and oxygen atoms in total. The molecule has 0 unspecified atom stereocenters. The van der Waals surface area contributed by atoms with Crippen LogP contribution in [0.4, 0.5) is 5.95 Å². The molecular weight excluding hydrogens is 270 g/mol. The topological polar surface area (TPSA) is 76.2 Å². The van der Waals surface area contributed by atoms with Crippen LogP contribution in [-0.2, 0) is 0 Å². The molecule has 0 spiro atoms. The second-order valence-corrected chi connectivity index (χ2v) is 4.60. The molecule has 0 saturated heterocycles. The number of aromatic nitrogens is 2. The predicted molar refractivity (Wildman–Crippen MR) is 76.6 cm³/mol. The van der Waals surface area contributed by atoms with Crippen LogP contribution in [0.2, 0.25) is 0 Å². The Kier molecular flexibility index (Phi) is 2.53. The number of benzene rings is 2. The average molecular weight is 281 g/mol. The number of hydrogen-bond acceptors (Lipinski definition) is 4. The summed E-state index contributed by atoms with van der Waals surface area (Å²) >= 11 is 0. The number of ether oxygens (including phenoxy) is 2. The maximum atomic E-state index is 12.3. The van der Waals surface area contributed by atoms with Crippen molar-refractivity contribution in [2.24, 2.45) is 0 Å². The average Bonchev–Trinajstić information content (AvgIpc) is 3.12. The van der Waals surface area contributed by atoms with Crippen molar-refractivity contribution in [3.63, 3.8) is 0 Å². The number of nitrogens with one attached hydrogen (secondary N) is 2. The van der Waals surface area contributed by atoms with Crippen molar-refractivity contribution in [1.29, 1.82) is 0 Å². The Labute approximate surface area is 119 Å². The van der Waals surface area contributed by atoms with Gasteiger partial charge in [0.2, 0.25) is 12.7 Å². The van der Waals surface area contributed by atoms with E-state index in [1.54, 1.807) is 18.2 Å².